The van der Waals surface area contributed by atoms with Gasteiger partial charge in [-0.1, -0.05) is 0 Å². The van der Waals surface area contributed by atoms with Crippen molar-refractivity contribution in [3.63, 3.8) is 0 Å². The summed E-state index contributed by atoms with van der Waals surface area (Å²) in [6, 6.07) is -2.62. The molecule has 2 unspecified atom stereocenters. The lowest BCUT2D eigenvalue weighted by molar-refractivity contribution is -0.139. The third kappa shape index (κ3) is 46.9. The number of carbonyl (C=O) groups is 7. The van der Waals surface area contributed by atoms with Gasteiger partial charge in [0, 0.05) is 45.7 Å². The predicted octanol–water partition coefficient (Wildman–Crippen LogP) is -2.60. The molecule has 26 nitrogen and oxygen atoms in total. The largest absolute Gasteiger partial charge is 0.481 e. The number of nitrogens with one attached hydrogen (secondary N) is 4. The number of rotatable bonds is 52. The molecular formula is C42H77N5O21. The number of aliphatic carboxylic acids is 2. The molecular weight excluding hydrogens is 910 g/mol. The van der Waals surface area contributed by atoms with Crippen LogP contribution in [0.5, 0.6) is 0 Å². The molecule has 0 aromatic rings. The monoisotopic (exact) mass is 988 g/mol. The zero-order chi connectivity index (χ0) is 50.1. The highest BCUT2D eigenvalue weighted by Gasteiger charge is 2.27. The van der Waals surface area contributed by atoms with Crippen LogP contribution in [0.1, 0.15) is 45.4 Å². The minimum atomic E-state index is -1.33. The second kappa shape index (κ2) is 47.9. The van der Waals surface area contributed by atoms with Gasteiger partial charge in [-0.3, -0.25) is 33.6 Å². The highest BCUT2D eigenvalue weighted by molar-refractivity contribution is 5.92. The molecule has 0 aliphatic heterocycles. The number of hydrogen-bond acceptors (Lipinski definition) is 19. The van der Waals surface area contributed by atoms with Crippen LogP contribution in [0, 0.1) is 0 Å². The molecule has 0 saturated carbocycles. The molecule has 68 heavy (non-hydrogen) atoms. The molecule has 26 heteroatoms. The van der Waals surface area contributed by atoms with E-state index in [1.54, 1.807) is 0 Å². The van der Waals surface area contributed by atoms with Crippen molar-refractivity contribution in [2.45, 2.75) is 57.5 Å². The molecule has 0 aromatic heterocycles. The van der Waals surface area contributed by atoms with E-state index in [-0.39, 0.29) is 84.4 Å². The summed E-state index contributed by atoms with van der Waals surface area (Å²) in [4.78, 5) is 82.7. The molecule has 0 rings (SSSR count). The minimum Gasteiger partial charge on any atom is -0.481 e. The third-order valence-electron chi connectivity index (χ3n) is 8.43. The molecule has 0 spiro atoms. The van der Waals surface area contributed by atoms with Crippen molar-refractivity contribution in [2.75, 3.05) is 172 Å². The van der Waals surface area contributed by atoms with Gasteiger partial charge >= 0.3 is 11.9 Å². The van der Waals surface area contributed by atoms with Crippen LogP contribution in [0.2, 0.25) is 0 Å². The summed E-state index contributed by atoms with van der Waals surface area (Å²) >= 11 is 0. The van der Waals surface area contributed by atoms with Gasteiger partial charge in [0.05, 0.1) is 159 Å². The average molecular weight is 988 g/mol. The number of carboxylic acids is 2. The molecule has 396 valence electrons. The van der Waals surface area contributed by atoms with Crippen LogP contribution in [0.15, 0.2) is 0 Å². The molecule has 0 aliphatic rings. The van der Waals surface area contributed by atoms with E-state index in [9.17, 15) is 43.8 Å². The Balaban J connectivity index is 4.18. The second-order valence-electron chi connectivity index (χ2n) is 14.1. The number of carbonyl (C=O) groups excluding carboxylic acids is 5. The van der Waals surface area contributed by atoms with Gasteiger partial charge in [0.2, 0.25) is 29.5 Å². The Kier molecular flexibility index (Phi) is 44.9. The Morgan fingerprint density at radius 2 is 0.676 bits per heavy atom. The van der Waals surface area contributed by atoms with Crippen LogP contribution in [-0.2, 0) is 90.4 Å². The van der Waals surface area contributed by atoms with E-state index in [1.165, 1.54) is 6.92 Å². The van der Waals surface area contributed by atoms with Gasteiger partial charge in [0.15, 0.2) is 0 Å². The normalized spacial score (nSPS) is 12.0. The smallest absolute Gasteiger partial charge is 0.303 e. The number of primary amides is 1. The quantitative estimate of drug-likeness (QED) is 0.0307. The van der Waals surface area contributed by atoms with E-state index in [2.05, 4.69) is 21.3 Å². The summed E-state index contributed by atoms with van der Waals surface area (Å²) < 4.78 is 64.7. The molecule has 8 N–H and O–H groups in total. The molecule has 0 fully saturated rings. The maximum absolute atomic E-state index is 13.2. The fraction of sp³-hybridized carbons (Fsp3) is 0.833. The lowest BCUT2D eigenvalue weighted by Gasteiger charge is -2.23. The Morgan fingerprint density at radius 1 is 0.382 bits per heavy atom. The van der Waals surface area contributed by atoms with Gasteiger partial charge in [0.1, 0.15) is 12.1 Å². The van der Waals surface area contributed by atoms with Gasteiger partial charge in [-0.2, -0.15) is 0 Å². The van der Waals surface area contributed by atoms with Crippen LogP contribution in [0.4, 0.5) is 0 Å². The van der Waals surface area contributed by atoms with E-state index in [4.69, 9.17) is 62.6 Å². The van der Waals surface area contributed by atoms with Crippen molar-refractivity contribution in [1.82, 2.24) is 21.3 Å². The van der Waals surface area contributed by atoms with Gasteiger partial charge in [-0.25, -0.2) is 0 Å². The fourth-order valence-electron chi connectivity index (χ4n) is 5.02. The van der Waals surface area contributed by atoms with Gasteiger partial charge in [-0.15, -0.1) is 0 Å². The standard InChI is InChI=1S/C42H77N5O21/c1-34(48)44-8-12-59-16-20-63-24-28-67-33-31-66-27-23-62-19-15-58-11-7-38(50)46-36(3-5-40(53)54)42(56)47-35(2-4-39(51)52)41(55)45-9-13-60-17-21-64-25-29-68-32-30-65-26-22-61-18-14-57-10-6-37(43)49/h35-36H,2-33H2,1H3,(H2,43,49)(H,44,48)(H,45,55)(H,46,50)(H,47,56)(H,51,52)(H,53,54). The number of amides is 5. The second-order valence-corrected chi connectivity index (χ2v) is 14.1. The summed E-state index contributed by atoms with van der Waals surface area (Å²) in [6.45, 7) is 9.54. The topological polar surface area (TPSA) is 345 Å². The van der Waals surface area contributed by atoms with Crippen LogP contribution in [0.25, 0.3) is 0 Å². The summed E-state index contributed by atoms with van der Waals surface area (Å²) in [7, 11) is 0. The molecule has 0 aliphatic carbocycles. The molecule has 0 saturated heterocycles. The van der Waals surface area contributed by atoms with E-state index in [0.717, 1.165) is 0 Å². The highest BCUT2D eigenvalue weighted by atomic mass is 16.6. The van der Waals surface area contributed by atoms with Crippen molar-refractivity contribution in [3.8, 4) is 0 Å². The first-order valence-electron chi connectivity index (χ1n) is 22.7. The van der Waals surface area contributed by atoms with Crippen molar-refractivity contribution in [2.24, 2.45) is 5.73 Å². The predicted molar refractivity (Wildman–Crippen MR) is 238 cm³/mol. The first-order chi connectivity index (χ1) is 32.9. The third-order valence-corrected chi connectivity index (χ3v) is 8.43. The van der Waals surface area contributed by atoms with Gasteiger partial charge < -0.3 is 94.1 Å². The zero-order valence-corrected chi connectivity index (χ0v) is 39.5. The summed E-state index contributed by atoms with van der Waals surface area (Å²) in [5.41, 5.74) is 5.02. The fourth-order valence-corrected chi connectivity index (χ4v) is 5.02. The maximum Gasteiger partial charge on any atom is 0.303 e. The molecule has 0 radical (unpaired) electrons. The Bertz CT molecular complexity index is 1320. The Hall–Kier alpha value is -4.19. The Morgan fingerprint density at radius 3 is 1.00 bits per heavy atom. The van der Waals surface area contributed by atoms with Crippen molar-refractivity contribution in [1.29, 1.82) is 0 Å². The maximum atomic E-state index is 13.2. The van der Waals surface area contributed by atoms with E-state index < -0.39 is 60.5 Å². The van der Waals surface area contributed by atoms with Crippen LogP contribution in [0.3, 0.4) is 0 Å². The molecule has 0 aromatic carbocycles. The number of carboxylic acid groups (broad SMARTS) is 2. The van der Waals surface area contributed by atoms with Crippen molar-refractivity contribution in [3.05, 3.63) is 0 Å². The lowest BCUT2D eigenvalue weighted by atomic mass is 10.1. The number of ether oxygens (including phenoxy) is 12. The van der Waals surface area contributed by atoms with Gasteiger partial charge in [-0.05, 0) is 12.8 Å². The molecule has 2 atom stereocenters. The SMILES string of the molecule is CC(=O)NCCOCCOCCOCCOCCOCCOCCC(=O)NC(CCC(=O)O)C(=O)NC(CCC(=O)O)C(=O)NCCOCCOCCOCCOCCOCCOCCC(N)=O. The van der Waals surface area contributed by atoms with Crippen molar-refractivity contribution >= 4 is 41.5 Å². The summed E-state index contributed by atoms with van der Waals surface area (Å²) in [6.07, 6.45) is -1.46. The summed E-state index contributed by atoms with van der Waals surface area (Å²) in [5.74, 6) is -5.09. The van der Waals surface area contributed by atoms with Gasteiger partial charge in [0.25, 0.3) is 0 Å². The van der Waals surface area contributed by atoms with E-state index in [1.807, 2.05) is 0 Å². The molecule has 5 amide bonds. The highest BCUT2D eigenvalue weighted by Crippen LogP contribution is 2.04. The minimum absolute atomic E-state index is 0.0200. The molecule has 0 bridgehead atoms. The average Bonchev–Trinajstić information content (AvgIpc) is 3.29. The van der Waals surface area contributed by atoms with Crippen LogP contribution < -0.4 is 27.0 Å². The van der Waals surface area contributed by atoms with Crippen LogP contribution in [-0.4, -0.2) is 235 Å². The number of nitrogens with two attached hydrogens (primary N) is 1. The van der Waals surface area contributed by atoms with Crippen LogP contribution >= 0.6 is 0 Å². The van der Waals surface area contributed by atoms with E-state index in [0.29, 0.717) is 119 Å². The van der Waals surface area contributed by atoms with E-state index >= 15 is 0 Å². The lowest BCUT2D eigenvalue weighted by Crippen LogP contribution is -2.54. The zero-order valence-electron chi connectivity index (χ0n) is 39.5. The first-order valence-corrected chi connectivity index (χ1v) is 22.7. The van der Waals surface area contributed by atoms with Crippen molar-refractivity contribution < 1.29 is 101 Å². The summed E-state index contributed by atoms with van der Waals surface area (Å²) in [5, 5.41) is 28.5. The number of hydrogen-bond donors (Lipinski definition) is 7. The molecule has 0 heterocycles. The Labute approximate surface area is 397 Å². The first kappa shape index (κ1) is 63.8.